The van der Waals surface area contributed by atoms with Gasteiger partial charge in [0.2, 0.25) is 5.91 Å². The minimum Gasteiger partial charge on any atom is -0.353 e. The van der Waals surface area contributed by atoms with Gasteiger partial charge in [0.15, 0.2) is 5.82 Å². The smallest absolute Gasteiger partial charge is 0.353 e. The monoisotopic (exact) mass is 400 g/mol. The predicted molar refractivity (Wildman–Crippen MR) is 105 cm³/mol. The van der Waals surface area contributed by atoms with Crippen molar-refractivity contribution in [3.05, 3.63) is 66.9 Å². The van der Waals surface area contributed by atoms with Crippen LogP contribution in [-0.4, -0.2) is 34.4 Å². The van der Waals surface area contributed by atoms with Gasteiger partial charge in [0.05, 0.1) is 11.1 Å². The molecule has 1 aromatic carbocycles. The van der Waals surface area contributed by atoms with Gasteiger partial charge in [0, 0.05) is 30.9 Å². The Kier molecular flexibility index (Phi) is 4.77. The summed E-state index contributed by atoms with van der Waals surface area (Å²) in [6, 6.07) is 10.7. The number of rotatable bonds is 4. The van der Waals surface area contributed by atoms with E-state index in [0.29, 0.717) is 17.9 Å². The average Bonchev–Trinajstić information content (AvgIpc) is 3.32. The van der Waals surface area contributed by atoms with Crippen molar-refractivity contribution in [3.63, 3.8) is 0 Å². The van der Waals surface area contributed by atoms with Crippen molar-refractivity contribution in [1.82, 2.24) is 14.7 Å². The molecule has 0 spiro atoms. The maximum absolute atomic E-state index is 12.9. The zero-order valence-corrected chi connectivity index (χ0v) is 15.5. The first-order valence-corrected chi connectivity index (χ1v) is 9.19. The standard InChI is InChI=1S/C21H19F3N4O/c1-2-18(29)25-16-10-12-27(13-16)20-17-5-3-4-11-28(17)19(26-20)14-6-8-15(9-7-14)21(22,23)24/h2-9,11,16H,1,10,12-13H2,(H,25,29). The van der Waals surface area contributed by atoms with Crippen molar-refractivity contribution in [2.45, 2.75) is 18.6 Å². The zero-order valence-electron chi connectivity index (χ0n) is 15.5. The summed E-state index contributed by atoms with van der Waals surface area (Å²) in [6.45, 7) is 4.79. The topological polar surface area (TPSA) is 49.6 Å². The first kappa shape index (κ1) is 19.0. The lowest BCUT2D eigenvalue weighted by Gasteiger charge is -2.16. The molecule has 1 aliphatic heterocycles. The molecule has 2 aromatic heterocycles. The quantitative estimate of drug-likeness (QED) is 0.676. The van der Waals surface area contributed by atoms with Gasteiger partial charge >= 0.3 is 6.18 Å². The molecule has 3 aromatic rings. The largest absolute Gasteiger partial charge is 0.416 e. The van der Waals surface area contributed by atoms with Crippen molar-refractivity contribution < 1.29 is 18.0 Å². The minimum absolute atomic E-state index is 0.00418. The first-order chi connectivity index (χ1) is 13.9. The molecule has 1 N–H and O–H groups in total. The molecular formula is C21H19F3N4O. The maximum Gasteiger partial charge on any atom is 0.416 e. The summed E-state index contributed by atoms with van der Waals surface area (Å²) in [7, 11) is 0. The molecule has 1 amide bonds. The number of aromatic nitrogens is 2. The molecule has 5 nitrogen and oxygen atoms in total. The second kappa shape index (κ2) is 7.27. The number of hydrogen-bond acceptors (Lipinski definition) is 3. The highest BCUT2D eigenvalue weighted by molar-refractivity contribution is 5.87. The molecule has 150 valence electrons. The second-order valence-electron chi connectivity index (χ2n) is 6.93. The maximum atomic E-state index is 12.9. The third-order valence-electron chi connectivity index (χ3n) is 5.02. The Morgan fingerprint density at radius 1 is 1.21 bits per heavy atom. The Bertz CT molecular complexity index is 1060. The number of fused-ring (bicyclic) bond motifs is 1. The molecule has 0 saturated carbocycles. The van der Waals surface area contributed by atoms with Crippen LogP contribution in [0.2, 0.25) is 0 Å². The number of benzene rings is 1. The summed E-state index contributed by atoms with van der Waals surface area (Å²) in [6.07, 6.45) is -0.511. The molecule has 1 unspecified atom stereocenters. The summed E-state index contributed by atoms with van der Waals surface area (Å²) in [5, 5.41) is 2.90. The zero-order chi connectivity index (χ0) is 20.6. The van der Waals surface area contributed by atoms with Gasteiger partial charge in [-0.1, -0.05) is 24.8 Å². The molecule has 1 fully saturated rings. The van der Waals surface area contributed by atoms with Crippen LogP contribution < -0.4 is 10.2 Å². The minimum atomic E-state index is -4.38. The van der Waals surface area contributed by atoms with Crippen LogP contribution in [0.4, 0.5) is 19.0 Å². The SMILES string of the molecule is C=CC(=O)NC1CCN(c2nc(-c3ccc(C(F)(F)F)cc3)n3ccccc23)C1. The summed E-state index contributed by atoms with van der Waals surface area (Å²) >= 11 is 0. The first-order valence-electron chi connectivity index (χ1n) is 9.19. The third kappa shape index (κ3) is 3.70. The fraction of sp³-hybridized carbons (Fsp3) is 0.238. The third-order valence-corrected chi connectivity index (χ3v) is 5.02. The lowest BCUT2D eigenvalue weighted by molar-refractivity contribution is -0.137. The number of carbonyl (C=O) groups excluding carboxylic acids is 1. The summed E-state index contributed by atoms with van der Waals surface area (Å²) in [5.41, 5.74) is 0.766. The van der Waals surface area contributed by atoms with Crippen LogP contribution in [0.5, 0.6) is 0 Å². The van der Waals surface area contributed by atoms with E-state index in [4.69, 9.17) is 4.98 Å². The Morgan fingerprint density at radius 2 is 1.97 bits per heavy atom. The van der Waals surface area contributed by atoms with Crippen molar-refractivity contribution in [2.24, 2.45) is 0 Å². The van der Waals surface area contributed by atoms with E-state index >= 15 is 0 Å². The molecule has 0 radical (unpaired) electrons. The van der Waals surface area contributed by atoms with Gasteiger partial charge in [-0.05, 0) is 36.8 Å². The van der Waals surface area contributed by atoms with E-state index < -0.39 is 11.7 Å². The summed E-state index contributed by atoms with van der Waals surface area (Å²) in [4.78, 5) is 18.4. The average molecular weight is 400 g/mol. The van der Waals surface area contributed by atoms with E-state index in [2.05, 4.69) is 16.8 Å². The predicted octanol–water partition coefficient (Wildman–Crippen LogP) is 3.90. The number of nitrogens with zero attached hydrogens (tertiary/aromatic N) is 3. The molecule has 0 aliphatic carbocycles. The van der Waals surface area contributed by atoms with Crippen LogP contribution >= 0.6 is 0 Å². The van der Waals surface area contributed by atoms with E-state index in [1.807, 2.05) is 28.8 Å². The molecule has 1 atom stereocenters. The van der Waals surface area contributed by atoms with Crippen molar-refractivity contribution in [2.75, 3.05) is 18.0 Å². The van der Waals surface area contributed by atoms with Gasteiger partial charge in [-0.3, -0.25) is 9.20 Å². The van der Waals surface area contributed by atoms with Gasteiger partial charge in [-0.25, -0.2) is 4.98 Å². The van der Waals surface area contributed by atoms with Gasteiger partial charge < -0.3 is 10.2 Å². The van der Waals surface area contributed by atoms with Gasteiger partial charge in [0.25, 0.3) is 0 Å². The highest BCUT2D eigenvalue weighted by Gasteiger charge is 2.31. The van der Waals surface area contributed by atoms with E-state index in [1.54, 1.807) is 0 Å². The Labute approximate surface area is 165 Å². The van der Waals surface area contributed by atoms with Crippen LogP contribution in [0.25, 0.3) is 16.9 Å². The van der Waals surface area contributed by atoms with Gasteiger partial charge in [-0.2, -0.15) is 13.2 Å². The number of imidazole rings is 1. The number of anilines is 1. The van der Waals surface area contributed by atoms with E-state index in [1.165, 1.54) is 18.2 Å². The Morgan fingerprint density at radius 3 is 2.66 bits per heavy atom. The highest BCUT2D eigenvalue weighted by atomic mass is 19.4. The van der Waals surface area contributed by atoms with E-state index in [9.17, 15) is 18.0 Å². The second-order valence-corrected chi connectivity index (χ2v) is 6.93. The number of amides is 1. The summed E-state index contributed by atoms with van der Waals surface area (Å²) in [5.74, 6) is 1.11. The molecular weight excluding hydrogens is 381 g/mol. The molecule has 8 heteroatoms. The molecule has 4 rings (SSSR count). The van der Waals surface area contributed by atoms with Crippen LogP contribution in [0, 0.1) is 0 Å². The van der Waals surface area contributed by atoms with Gasteiger partial charge in [-0.15, -0.1) is 0 Å². The summed E-state index contributed by atoms with van der Waals surface area (Å²) < 4.78 is 40.5. The fourth-order valence-electron chi connectivity index (χ4n) is 3.60. The Hall–Kier alpha value is -3.29. The number of halogens is 3. The van der Waals surface area contributed by atoms with E-state index in [-0.39, 0.29) is 11.9 Å². The lowest BCUT2D eigenvalue weighted by Crippen LogP contribution is -2.36. The normalized spacial score (nSPS) is 16.9. The number of hydrogen-bond donors (Lipinski definition) is 1. The molecule has 1 aliphatic rings. The lowest BCUT2D eigenvalue weighted by atomic mass is 10.1. The van der Waals surface area contributed by atoms with Gasteiger partial charge in [0.1, 0.15) is 5.82 Å². The number of carbonyl (C=O) groups is 1. The van der Waals surface area contributed by atoms with Crippen LogP contribution in [0.3, 0.4) is 0 Å². The fourth-order valence-corrected chi connectivity index (χ4v) is 3.60. The van der Waals surface area contributed by atoms with Crippen LogP contribution in [0.1, 0.15) is 12.0 Å². The molecule has 29 heavy (non-hydrogen) atoms. The van der Waals surface area contributed by atoms with Crippen LogP contribution in [-0.2, 0) is 11.0 Å². The van der Waals surface area contributed by atoms with Crippen molar-refractivity contribution in [3.8, 4) is 11.4 Å². The molecule has 1 saturated heterocycles. The molecule has 3 heterocycles. The number of alkyl halides is 3. The van der Waals surface area contributed by atoms with E-state index in [0.717, 1.165) is 36.4 Å². The van der Waals surface area contributed by atoms with Crippen LogP contribution in [0.15, 0.2) is 61.3 Å². The van der Waals surface area contributed by atoms with Crippen molar-refractivity contribution >= 4 is 17.2 Å². The number of nitrogens with one attached hydrogen (secondary N) is 1. The highest BCUT2D eigenvalue weighted by Crippen LogP contribution is 2.33. The Balaban J connectivity index is 1.68. The van der Waals surface area contributed by atoms with Crippen molar-refractivity contribution in [1.29, 1.82) is 0 Å². The molecule has 0 bridgehead atoms. The number of pyridine rings is 1.